The van der Waals surface area contributed by atoms with Crippen LogP contribution in [-0.2, 0) is 4.79 Å². The summed E-state index contributed by atoms with van der Waals surface area (Å²) in [6.45, 7) is 1.20. The number of likely N-dealkylation sites (tertiary alicyclic amines) is 1. The minimum Gasteiger partial charge on any atom is -0.331 e. The van der Waals surface area contributed by atoms with Crippen LogP contribution < -0.4 is 5.32 Å². The second kappa shape index (κ2) is 6.76. The predicted molar refractivity (Wildman–Crippen MR) is 81.3 cm³/mol. The number of nitrogens with one attached hydrogen (secondary N) is 1. The second-order valence-corrected chi connectivity index (χ2v) is 5.73. The summed E-state index contributed by atoms with van der Waals surface area (Å²) < 4.78 is 0. The lowest BCUT2D eigenvalue weighted by Crippen LogP contribution is -2.45. The molecule has 0 unspecified atom stereocenters. The van der Waals surface area contributed by atoms with Gasteiger partial charge in [0, 0.05) is 39.3 Å². The maximum Gasteiger partial charge on any atom is 0.319 e. The van der Waals surface area contributed by atoms with E-state index in [4.69, 9.17) is 11.6 Å². The van der Waals surface area contributed by atoms with E-state index in [1.54, 1.807) is 36.0 Å². The van der Waals surface area contributed by atoms with Crippen LogP contribution in [0.4, 0.5) is 10.6 Å². The largest absolute Gasteiger partial charge is 0.331 e. The minimum absolute atomic E-state index is 0.00627. The molecule has 2 rings (SSSR count). The topological polar surface area (TPSA) is 65.5 Å². The fraction of sp³-hybridized carbons (Fsp3) is 0.500. The van der Waals surface area contributed by atoms with Crippen molar-refractivity contribution < 1.29 is 9.59 Å². The molecule has 1 aliphatic rings. The van der Waals surface area contributed by atoms with Crippen molar-refractivity contribution in [3.63, 3.8) is 0 Å². The third-order valence-corrected chi connectivity index (χ3v) is 3.72. The normalized spacial score (nSPS) is 15.7. The number of aromatic nitrogens is 1. The highest BCUT2D eigenvalue weighted by Gasteiger charge is 2.28. The lowest BCUT2D eigenvalue weighted by Gasteiger charge is -2.32. The summed E-state index contributed by atoms with van der Waals surface area (Å²) in [5.41, 5.74) is 0. The SMILES string of the molecule is CN(C)C(=O)N1CCC(C(=O)Nc2ccc(Cl)cn2)CC1. The molecule has 1 fully saturated rings. The molecule has 2 heterocycles. The molecule has 0 aliphatic carbocycles. The Morgan fingerprint density at radius 1 is 1.33 bits per heavy atom. The van der Waals surface area contributed by atoms with Crippen LogP contribution >= 0.6 is 11.6 Å². The van der Waals surface area contributed by atoms with E-state index in [2.05, 4.69) is 10.3 Å². The smallest absolute Gasteiger partial charge is 0.319 e. The Balaban J connectivity index is 1.86. The molecule has 0 spiro atoms. The maximum absolute atomic E-state index is 12.2. The average Bonchev–Trinajstić information content (AvgIpc) is 2.49. The Kier molecular flexibility index (Phi) is 5.01. The quantitative estimate of drug-likeness (QED) is 0.909. The van der Waals surface area contributed by atoms with Gasteiger partial charge >= 0.3 is 6.03 Å². The molecule has 0 bridgehead atoms. The summed E-state index contributed by atoms with van der Waals surface area (Å²) in [7, 11) is 3.46. The zero-order chi connectivity index (χ0) is 15.4. The third-order valence-electron chi connectivity index (χ3n) is 3.50. The van der Waals surface area contributed by atoms with E-state index >= 15 is 0 Å². The number of anilines is 1. The van der Waals surface area contributed by atoms with E-state index in [-0.39, 0.29) is 17.9 Å². The predicted octanol–water partition coefficient (Wildman–Crippen LogP) is 2.07. The van der Waals surface area contributed by atoms with E-state index in [0.717, 1.165) is 0 Å². The van der Waals surface area contributed by atoms with Crippen molar-refractivity contribution in [1.29, 1.82) is 0 Å². The van der Waals surface area contributed by atoms with Gasteiger partial charge in [0.05, 0.1) is 5.02 Å². The molecular formula is C14H19ClN4O2. The van der Waals surface area contributed by atoms with Crippen LogP contribution in [0.2, 0.25) is 5.02 Å². The van der Waals surface area contributed by atoms with Gasteiger partial charge in [0.15, 0.2) is 0 Å². The fourth-order valence-electron chi connectivity index (χ4n) is 2.29. The van der Waals surface area contributed by atoms with Gasteiger partial charge in [0.2, 0.25) is 5.91 Å². The molecule has 7 heteroatoms. The fourth-order valence-corrected chi connectivity index (χ4v) is 2.41. The van der Waals surface area contributed by atoms with Crippen LogP contribution in [0, 0.1) is 5.92 Å². The van der Waals surface area contributed by atoms with Crippen molar-refractivity contribution in [2.45, 2.75) is 12.8 Å². The lowest BCUT2D eigenvalue weighted by atomic mass is 9.96. The summed E-state index contributed by atoms with van der Waals surface area (Å²) >= 11 is 5.75. The first-order chi connectivity index (χ1) is 9.97. The summed E-state index contributed by atoms with van der Waals surface area (Å²) in [5, 5.41) is 3.31. The molecule has 1 N–H and O–H groups in total. The van der Waals surface area contributed by atoms with E-state index in [1.807, 2.05) is 0 Å². The molecule has 21 heavy (non-hydrogen) atoms. The van der Waals surface area contributed by atoms with E-state index in [0.29, 0.717) is 36.8 Å². The molecule has 3 amide bonds. The van der Waals surface area contributed by atoms with Crippen molar-refractivity contribution in [2.24, 2.45) is 5.92 Å². The van der Waals surface area contributed by atoms with Crippen molar-refractivity contribution in [3.8, 4) is 0 Å². The van der Waals surface area contributed by atoms with Crippen LogP contribution in [-0.4, -0.2) is 53.9 Å². The number of carbonyl (C=O) groups excluding carboxylic acids is 2. The standard InChI is InChI=1S/C14H19ClN4O2/c1-18(2)14(21)19-7-5-10(6-8-19)13(20)17-12-4-3-11(15)9-16-12/h3-4,9-10H,5-8H2,1-2H3,(H,16,17,20). The van der Waals surface area contributed by atoms with Gasteiger partial charge in [-0.2, -0.15) is 0 Å². The first kappa shape index (κ1) is 15.6. The number of carbonyl (C=O) groups is 2. The summed E-state index contributed by atoms with van der Waals surface area (Å²) in [6, 6.07) is 3.35. The average molecular weight is 311 g/mol. The molecule has 1 saturated heterocycles. The molecule has 0 radical (unpaired) electrons. The van der Waals surface area contributed by atoms with Crippen LogP contribution in [0.25, 0.3) is 0 Å². The van der Waals surface area contributed by atoms with Crippen molar-refractivity contribution in [1.82, 2.24) is 14.8 Å². The number of pyridine rings is 1. The summed E-state index contributed by atoms with van der Waals surface area (Å²) in [6.07, 6.45) is 2.83. The second-order valence-electron chi connectivity index (χ2n) is 5.29. The molecule has 1 aliphatic heterocycles. The van der Waals surface area contributed by atoms with Crippen LogP contribution in [0.15, 0.2) is 18.3 Å². The molecule has 0 saturated carbocycles. The summed E-state index contributed by atoms with van der Waals surface area (Å²) in [4.78, 5) is 31.4. The molecular weight excluding hydrogens is 292 g/mol. The van der Waals surface area contributed by atoms with E-state index in [1.165, 1.54) is 6.20 Å². The number of amides is 3. The van der Waals surface area contributed by atoms with Crippen LogP contribution in [0.1, 0.15) is 12.8 Å². The number of rotatable bonds is 2. The molecule has 114 valence electrons. The Morgan fingerprint density at radius 3 is 2.52 bits per heavy atom. The first-order valence-corrected chi connectivity index (χ1v) is 7.24. The van der Waals surface area contributed by atoms with Crippen LogP contribution in [0.5, 0.6) is 0 Å². The van der Waals surface area contributed by atoms with Gasteiger partial charge < -0.3 is 15.1 Å². The third kappa shape index (κ3) is 4.07. The maximum atomic E-state index is 12.2. The zero-order valence-electron chi connectivity index (χ0n) is 12.2. The van der Waals surface area contributed by atoms with Gasteiger partial charge in [-0.15, -0.1) is 0 Å². The molecule has 1 aromatic heterocycles. The zero-order valence-corrected chi connectivity index (χ0v) is 12.9. The lowest BCUT2D eigenvalue weighted by molar-refractivity contribution is -0.121. The highest BCUT2D eigenvalue weighted by molar-refractivity contribution is 6.30. The molecule has 0 atom stereocenters. The number of hydrogen-bond donors (Lipinski definition) is 1. The highest BCUT2D eigenvalue weighted by atomic mass is 35.5. The van der Waals surface area contributed by atoms with Crippen molar-refractivity contribution >= 4 is 29.4 Å². The summed E-state index contributed by atoms with van der Waals surface area (Å²) in [5.74, 6) is 0.353. The Bertz CT molecular complexity index is 510. The van der Waals surface area contributed by atoms with Gasteiger partial charge in [-0.05, 0) is 25.0 Å². The Labute approximate surface area is 129 Å². The number of nitrogens with zero attached hydrogens (tertiary/aromatic N) is 3. The van der Waals surface area contributed by atoms with E-state index in [9.17, 15) is 9.59 Å². The minimum atomic E-state index is -0.0892. The van der Waals surface area contributed by atoms with E-state index < -0.39 is 0 Å². The van der Waals surface area contributed by atoms with Crippen molar-refractivity contribution in [3.05, 3.63) is 23.4 Å². The van der Waals surface area contributed by atoms with Gasteiger partial charge in [-0.25, -0.2) is 9.78 Å². The van der Waals surface area contributed by atoms with Gasteiger partial charge in [-0.3, -0.25) is 4.79 Å². The Morgan fingerprint density at radius 2 is 2.00 bits per heavy atom. The molecule has 0 aromatic carbocycles. The van der Waals surface area contributed by atoms with Gasteiger partial charge in [-0.1, -0.05) is 11.6 Å². The highest BCUT2D eigenvalue weighted by Crippen LogP contribution is 2.20. The molecule has 1 aromatic rings. The molecule has 6 nitrogen and oxygen atoms in total. The number of urea groups is 1. The Hall–Kier alpha value is -1.82. The first-order valence-electron chi connectivity index (χ1n) is 6.86. The van der Waals surface area contributed by atoms with Crippen molar-refractivity contribution in [2.75, 3.05) is 32.5 Å². The number of halogens is 1. The van der Waals surface area contributed by atoms with Crippen LogP contribution in [0.3, 0.4) is 0 Å². The van der Waals surface area contributed by atoms with Gasteiger partial charge in [0.25, 0.3) is 0 Å². The van der Waals surface area contributed by atoms with Gasteiger partial charge in [0.1, 0.15) is 5.82 Å². The number of piperidine rings is 1. The number of hydrogen-bond acceptors (Lipinski definition) is 3. The monoisotopic (exact) mass is 310 g/mol.